The molecule has 3 atom stereocenters. The number of nitrogens with one attached hydrogen (secondary N) is 1. The van der Waals surface area contributed by atoms with Crippen LogP contribution in [0.4, 0.5) is 0 Å². The van der Waals surface area contributed by atoms with Gasteiger partial charge in [-0.3, -0.25) is 4.79 Å². The van der Waals surface area contributed by atoms with Crippen molar-refractivity contribution in [1.29, 1.82) is 0 Å². The zero-order chi connectivity index (χ0) is 13.0. The number of carbonyl (C=O) groups is 1. The molecule has 0 spiro atoms. The topological polar surface area (TPSA) is 58.4 Å². The highest BCUT2D eigenvalue weighted by Crippen LogP contribution is 2.34. The second kappa shape index (κ2) is 6.36. The van der Waals surface area contributed by atoms with E-state index in [0.29, 0.717) is 6.04 Å². The van der Waals surface area contributed by atoms with Crippen molar-refractivity contribution in [3.63, 3.8) is 0 Å². The molecule has 1 fully saturated rings. The van der Waals surface area contributed by atoms with Crippen molar-refractivity contribution < 1.29 is 4.79 Å². The lowest BCUT2D eigenvalue weighted by atomic mass is 9.99. The molecule has 4 nitrogen and oxygen atoms in total. The van der Waals surface area contributed by atoms with Gasteiger partial charge in [-0.15, -0.1) is 0 Å². The molecule has 3 N–H and O–H groups in total. The van der Waals surface area contributed by atoms with Gasteiger partial charge in [0.05, 0.1) is 6.04 Å². The van der Waals surface area contributed by atoms with E-state index in [1.165, 1.54) is 12.8 Å². The number of carbonyl (C=O) groups excluding carboxylic acids is 1. The minimum atomic E-state index is -0.373. The molecule has 0 aromatic rings. The number of hydrogen-bond donors (Lipinski definition) is 2. The molecule has 0 bridgehead atoms. The summed E-state index contributed by atoms with van der Waals surface area (Å²) in [5.41, 5.74) is 5.90. The van der Waals surface area contributed by atoms with Gasteiger partial charge in [0.1, 0.15) is 0 Å². The van der Waals surface area contributed by atoms with Crippen molar-refractivity contribution in [3.05, 3.63) is 0 Å². The molecule has 4 heteroatoms. The summed E-state index contributed by atoms with van der Waals surface area (Å²) in [6.07, 6.45) is 3.51. The average molecular weight is 241 g/mol. The molecule has 3 unspecified atom stereocenters. The smallest absolute Gasteiger partial charge is 0.237 e. The van der Waals surface area contributed by atoms with Gasteiger partial charge in [-0.25, -0.2) is 0 Å². The summed E-state index contributed by atoms with van der Waals surface area (Å²) in [5, 5.41) is 2.99. The van der Waals surface area contributed by atoms with E-state index in [1.54, 1.807) is 0 Å². The molecule has 1 amide bonds. The highest BCUT2D eigenvalue weighted by atomic mass is 16.2. The van der Waals surface area contributed by atoms with Crippen LogP contribution in [0.25, 0.3) is 0 Å². The Labute approximate surface area is 105 Å². The van der Waals surface area contributed by atoms with Gasteiger partial charge in [0.25, 0.3) is 0 Å². The molecule has 100 valence electrons. The molecule has 1 aliphatic rings. The van der Waals surface area contributed by atoms with Crippen LogP contribution in [-0.2, 0) is 4.79 Å². The second-order valence-corrected chi connectivity index (χ2v) is 5.52. The maximum absolute atomic E-state index is 11.9. The zero-order valence-electron chi connectivity index (χ0n) is 11.6. The van der Waals surface area contributed by atoms with Crippen LogP contribution in [0.1, 0.15) is 33.1 Å². The summed E-state index contributed by atoms with van der Waals surface area (Å²) in [4.78, 5) is 14.1. The van der Waals surface area contributed by atoms with E-state index in [1.807, 2.05) is 6.92 Å². The molecule has 0 aliphatic heterocycles. The SMILES string of the molecule is CCC(C)C(N)C(=O)NCC(C1CC1)N(C)C. The summed E-state index contributed by atoms with van der Waals surface area (Å²) in [6.45, 7) is 4.81. The van der Waals surface area contributed by atoms with E-state index in [9.17, 15) is 4.79 Å². The Morgan fingerprint density at radius 3 is 2.47 bits per heavy atom. The first-order valence-electron chi connectivity index (χ1n) is 6.67. The van der Waals surface area contributed by atoms with Gasteiger partial charge in [0.15, 0.2) is 0 Å². The summed E-state index contributed by atoms with van der Waals surface area (Å²) in [5.74, 6) is 0.991. The Balaban J connectivity index is 2.35. The minimum absolute atomic E-state index is 0.00755. The monoisotopic (exact) mass is 241 g/mol. The molecule has 0 radical (unpaired) electrons. The van der Waals surface area contributed by atoms with Gasteiger partial charge < -0.3 is 16.0 Å². The van der Waals surface area contributed by atoms with E-state index < -0.39 is 0 Å². The molecule has 0 saturated heterocycles. The number of rotatable bonds is 7. The standard InChI is InChI=1S/C13H27N3O/c1-5-9(2)12(14)13(17)15-8-11(16(3)4)10-6-7-10/h9-12H,5-8,14H2,1-4H3,(H,15,17). The molecular formula is C13H27N3O. The molecular weight excluding hydrogens is 214 g/mol. The number of likely N-dealkylation sites (N-methyl/N-ethyl adjacent to an activating group) is 1. The molecule has 17 heavy (non-hydrogen) atoms. The van der Waals surface area contributed by atoms with Crippen LogP contribution >= 0.6 is 0 Å². The summed E-state index contributed by atoms with van der Waals surface area (Å²) in [6, 6.07) is 0.0881. The Morgan fingerprint density at radius 1 is 1.47 bits per heavy atom. The molecule has 1 aliphatic carbocycles. The van der Waals surface area contributed by atoms with Crippen molar-refractivity contribution in [2.75, 3.05) is 20.6 Å². The van der Waals surface area contributed by atoms with Crippen LogP contribution in [0, 0.1) is 11.8 Å². The lowest BCUT2D eigenvalue weighted by Crippen LogP contribution is -2.49. The first-order chi connectivity index (χ1) is 7.97. The fraction of sp³-hybridized carbons (Fsp3) is 0.923. The summed E-state index contributed by atoms with van der Waals surface area (Å²) < 4.78 is 0. The third kappa shape index (κ3) is 4.28. The zero-order valence-corrected chi connectivity index (χ0v) is 11.6. The van der Waals surface area contributed by atoms with Crippen molar-refractivity contribution in [3.8, 4) is 0 Å². The first-order valence-corrected chi connectivity index (χ1v) is 6.67. The predicted molar refractivity (Wildman–Crippen MR) is 70.6 cm³/mol. The van der Waals surface area contributed by atoms with Crippen LogP contribution in [0.3, 0.4) is 0 Å². The minimum Gasteiger partial charge on any atom is -0.353 e. The van der Waals surface area contributed by atoms with E-state index in [4.69, 9.17) is 5.73 Å². The Morgan fingerprint density at radius 2 is 2.06 bits per heavy atom. The predicted octanol–water partition coefficient (Wildman–Crippen LogP) is 0.816. The number of amides is 1. The van der Waals surface area contributed by atoms with Gasteiger partial charge in [0.2, 0.25) is 5.91 Å². The van der Waals surface area contributed by atoms with Crippen molar-refractivity contribution in [2.24, 2.45) is 17.6 Å². The fourth-order valence-electron chi connectivity index (χ4n) is 2.09. The number of nitrogens with two attached hydrogens (primary N) is 1. The van der Waals surface area contributed by atoms with Gasteiger partial charge in [0, 0.05) is 12.6 Å². The Bertz CT molecular complexity index is 249. The fourth-order valence-corrected chi connectivity index (χ4v) is 2.09. The van der Waals surface area contributed by atoms with E-state index in [2.05, 4.69) is 31.2 Å². The van der Waals surface area contributed by atoms with Gasteiger partial charge >= 0.3 is 0 Å². The van der Waals surface area contributed by atoms with Gasteiger partial charge in [-0.1, -0.05) is 20.3 Å². The van der Waals surface area contributed by atoms with Crippen molar-refractivity contribution in [1.82, 2.24) is 10.2 Å². The van der Waals surface area contributed by atoms with Crippen LogP contribution in [0.2, 0.25) is 0 Å². The highest BCUT2D eigenvalue weighted by Gasteiger charge is 2.33. The van der Waals surface area contributed by atoms with E-state index in [-0.39, 0.29) is 17.9 Å². The molecule has 1 saturated carbocycles. The number of nitrogens with zero attached hydrogens (tertiary/aromatic N) is 1. The van der Waals surface area contributed by atoms with Crippen molar-refractivity contribution >= 4 is 5.91 Å². The molecule has 1 rings (SSSR count). The third-order valence-corrected chi connectivity index (χ3v) is 3.87. The number of hydrogen-bond acceptors (Lipinski definition) is 3. The highest BCUT2D eigenvalue weighted by molar-refractivity contribution is 5.81. The maximum Gasteiger partial charge on any atom is 0.237 e. The largest absolute Gasteiger partial charge is 0.353 e. The van der Waals surface area contributed by atoms with Crippen molar-refractivity contribution in [2.45, 2.75) is 45.2 Å². The Hall–Kier alpha value is -0.610. The Kier molecular flexibility index (Phi) is 5.40. The molecule has 0 aromatic carbocycles. The normalized spacial score (nSPS) is 21.1. The molecule has 0 aromatic heterocycles. The van der Waals surface area contributed by atoms with E-state index in [0.717, 1.165) is 18.9 Å². The van der Waals surface area contributed by atoms with Crippen LogP contribution in [-0.4, -0.2) is 43.5 Å². The quantitative estimate of drug-likeness (QED) is 0.693. The van der Waals surface area contributed by atoms with Gasteiger partial charge in [-0.2, -0.15) is 0 Å². The third-order valence-electron chi connectivity index (χ3n) is 3.87. The summed E-state index contributed by atoms with van der Waals surface area (Å²) in [7, 11) is 4.15. The van der Waals surface area contributed by atoms with Crippen LogP contribution in [0.15, 0.2) is 0 Å². The van der Waals surface area contributed by atoms with E-state index >= 15 is 0 Å². The second-order valence-electron chi connectivity index (χ2n) is 5.52. The molecule has 0 heterocycles. The lowest BCUT2D eigenvalue weighted by Gasteiger charge is -2.26. The first kappa shape index (κ1) is 14.5. The van der Waals surface area contributed by atoms with Crippen LogP contribution < -0.4 is 11.1 Å². The maximum atomic E-state index is 11.9. The average Bonchev–Trinajstić information content (AvgIpc) is 3.10. The van der Waals surface area contributed by atoms with Crippen LogP contribution in [0.5, 0.6) is 0 Å². The van der Waals surface area contributed by atoms with Gasteiger partial charge in [-0.05, 0) is 38.8 Å². The summed E-state index contributed by atoms with van der Waals surface area (Å²) >= 11 is 0. The lowest BCUT2D eigenvalue weighted by molar-refractivity contribution is -0.123.